The first-order chi connectivity index (χ1) is 9.22. The molecule has 0 amide bonds. The molecule has 2 aromatic rings. The van der Waals surface area contributed by atoms with Gasteiger partial charge in [-0.25, -0.2) is 4.79 Å². The Balaban J connectivity index is 1.98. The van der Waals surface area contributed by atoms with E-state index >= 15 is 0 Å². The summed E-state index contributed by atoms with van der Waals surface area (Å²) in [7, 11) is 0. The van der Waals surface area contributed by atoms with Crippen LogP contribution in [-0.2, 0) is 11.3 Å². The van der Waals surface area contributed by atoms with Crippen LogP contribution in [0.1, 0.15) is 17.3 Å². The van der Waals surface area contributed by atoms with E-state index in [1.54, 1.807) is 17.8 Å². The average molecular weight is 281 g/mol. The van der Waals surface area contributed by atoms with Crippen LogP contribution in [-0.4, -0.2) is 33.3 Å². The second-order valence-corrected chi connectivity index (χ2v) is 4.46. The quantitative estimate of drug-likeness (QED) is 0.773. The molecule has 0 atom stereocenters. The molecule has 102 valence electrons. The smallest absolute Gasteiger partial charge is 0.344 e. The third-order valence-corrected chi connectivity index (χ3v) is 3.20. The highest BCUT2D eigenvalue weighted by Gasteiger charge is 2.20. The van der Waals surface area contributed by atoms with Gasteiger partial charge in [0, 0.05) is 18.9 Å². The van der Waals surface area contributed by atoms with E-state index in [0.717, 1.165) is 11.5 Å². The largest absolute Gasteiger partial charge is 0.462 e. The van der Waals surface area contributed by atoms with Gasteiger partial charge in [0.2, 0.25) is 0 Å². The van der Waals surface area contributed by atoms with Gasteiger partial charge in [-0.3, -0.25) is 4.68 Å². The lowest BCUT2D eigenvalue weighted by atomic mass is 10.3. The number of nitrogens with zero attached hydrogens (tertiary/aromatic N) is 3. The molecule has 0 aliphatic heterocycles. The first-order valence-electron chi connectivity index (χ1n) is 5.86. The number of carbonyl (C=O) groups is 1. The van der Waals surface area contributed by atoms with Crippen LogP contribution < -0.4 is 11.1 Å². The molecule has 0 fully saturated rings. The highest BCUT2D eigenvalue weighted by atomic mass is 32.1. The van der Waals surface area contributed by atoms with E-state index in [-0.39, 0.29) is 5.82 Å². The Bertz CT molecular complexity index is 537. The summed E-state index contributed by atoms with van der Waals surface area (Å²) in [5.41, 5.74) is 5.99. The Morgan fingerprint density at radius 2 is 2.47 bits per heavy atom. The van der Waals surface area contributed by atoms with Gasteiger partial charge in [0.05, 0.1) is 13.2 Å². The molecule has 8 heteroatoms. The molecule has 3 N–H and O–H groups in total. The fourth-order valence-electron chi connectivity index (χ4n) is 1.54. The van der Waals surface area contributed by atoms with E-state index in [2.05, 4.69) is 14.8 Å². The first-order valence-corrected chi connectivity index (χ1v) is 6.63. The zero-order valence-electron chi connectivity index (χ0n) is 10.5. The summed E-state index contributed by atoms with van der Waals surface area (Å²) in [5, 5.41) is 7.84. The van der Waals surface area contributed by atoms with Gasteiger partial charge in [-0.2, -0.15) is 9.47 Å². The van der Waals surface area contributed by atoms with Gasteiger partial charge in [0.25, 0.3) is 0 Å². The Morgan fingerprint density at radius 3 is 3.16 bits per heavy atom. The van der Waals surface area contributed by atoms with Crippen molar-refractivity contribution < 1.29 is 9.53 Å². The van der Waals surface area contributed by atoms with E-state index in [1.165, 1.54) is 0 Å². The number of ether oxygens (including phenoxy) is 1. The highest BCUT2D eigenvalue weighted by Crippen LogP contribution is 2.27. The summed E-state index contributed by atoms with van der Waals surface area (Å²) >= 11 is 1.15. The van der Waals surface area contributed by atoms with Gasteiger partial charge in [-0.15, -0.1) is 0 Å². The Morgan fingerprint density at radius 1 is 1.63 bits per heavy atom. The standard InChI is InChI=1S/C11H15N5O2S/c1-2-18-11(17)8-9(12)15-19-10(8)13-5-7-16-6-3-4-14-16/h3-4,6,13H,2,5,7H2,1H3,(H2,12,15). The lowest BCUT2D eigenvalue weighted by Gasteiger charge is -2.06. The van der Waals surface area contributed by atoms with E-state index in [9.17, 15) is 4.79 Å². The second-order valence-electron chi connectivity index (χ2n) is 3.69. The minimum Gasteiger partial charge on any atom is -0.462 e. The molecule has 0 saturated carbocycles. The maximum absolute atomic E-state index is 11.7. The number of nitrogen functional groups attached to an aromatic ring is 1. The normalized spacial score (nSPS) is 10.4. The highest BCUT2D eigenvalue weighted by molar-refractivity contribution is 7.11. The molecule has 0 radical (unpaired) electrons. The second kappa shape index (κ2) is 6.19. The molecule has 0 saturated heterocycles. The molecule has 19 heavy (non-hydrogen) atoms. The molecule has 0 aromatic carbocycles. The van der Waals surface area contributed by atoms with Crippen LogP contribution in [0.4, 0.5) is 10.8 Å². The zero-order chi connectivity index (χ0) is 13.7. The van der Waals surface area contributed by atoms with Gasteiger partial charge >= 0.3 is 5.97 Å². The van der Waals surface area contributed by atoms with Crippen molar-refractivity contribution in [2.75, 3.05) is 24.2 Å². The summed E-state index contributed by atoms with van der Waals surface area (Å²) < 4.78 is 10.7. The minimum atomic E-state index is -0.449. The topological polar surface area (TPSA) is 95.1 Å². The van der Waals surface area contributed by atoms with Crippen LogP contribution in [0.2, 0.25) is 0 Å². The average Bonchev–Trinajstić information content (AvgIpc) is 3.00. The number of aromatic nitrogens is 3. The van der Waals surface area contributed by atoms with Crippen LogP contribution in [0, 0.1) is 0 Å². The summed E-state index contributed by atoms with van der Waals surface area (Å²) in [6.45, 7) is 3.36. The Hall–Kier alpha value is -2.09. The number of carbonyl (C=O) groups excluding carboxylic acids is 1. The summed E-state index contributed by atoms with van der Waals surface area (Å²) in [5.74, 6) is -0.250. The number of hydrogen-bond donors (Lipinski definition) is 2. The number of anilines is 2. The van der Waals surface area contributed by atoms with Crippen LogP contribution in [0.3, 0.4) is 0 Å². The molecule has 0 aliphatic rings. The number of rotatable bonds is 6. The molecule has 0 unspecified atom stereocenters. The summed E-state index contributed by atoms with van der Waals surface area (Å²) in [6.07, 6.45) is 3.59. The van der Waals surface area contributed by atoms with E-state index < -0.39 is 5.97 Å². The van der Waals surface area contributed by atoms with Gasteiger partial charge in [0.15, 0.2) is 5.82 Å². The van der Waals surface area contributed by atoms with Crippen LogP contribution in [0.5, 0.6) is 0 Å². The van der Waals surface area contributed by atoms with E-state index in [1.807, 2.05) is 12.3 Å². The van der Waals surface area contributed by atoms with Crippen molar-refractivity contribution in [2.45, 2.75) is 13.5 Å². The van der Waals surface area contributed by atoms with Gasteiger partial charge in [-0.05, 0) is 24.5 Å². The monoisotopic (exact) mass is 281 g/mol. The van der Waals surface area contributed by atoms with Crippen LogP contribution in [0.15, 0.2) is 18.5 Å². The summed E-state index contributed by atoms with van der Waals surface area (Å²) in [6, 6.07) is 1.86. The number of nitrogens with two attached hydrogens (primary N) is 1. The number of hydrogen-bond acceptors (Lipinski definition) is 7. The zero-order valence-corrected chi connectivity index (χ0v) is 11.3. The molecule has 0 spiro atoms. The molecule has 7 nitrogen and oxygen atoms in total. The van der Waals surface area contributed by atoms with E-state index in [4.69, 9.17) is 10.5 Å². The maximum Gasteiger partial charge on any atom is 0.344 e. The fourth-order valence-corrected chi connectivity index (χ4v) is 2.27. The van der Waals surface area contributed by atoms with Gasteiger partial charge < -0.3 is 15.8 Å². The van der Waals surface area contributed by atoms with Crippen molar-refractivity contribution in [1.29, 1.82) is 0 Å². The predicted octanol–water partition coefficient (Wildman–Crippen LogP) is 1.21. The molecule has 2 rings (SSSR count). The molecular weight excluding hydrogens is 266 g/mol. The molecule has 2 aromatic heterocycles. The number of nitrogens with one attached hydrogen (secondary N) is 1. The molecule has 0 bridgehead atoms. The van der Waals surface area contributed by atoms with Crippen molar-refractivity contribution in [1.82, 2.24) is 14.2 Å². The van der Waals surface area contributed by atoms with Crippen molar-refractivity contribution in [3.05, 3.63) is 24.0 Å². The Kier molecular flexibility index (Phi) is 4.35. The molecule has 2 heterocycles. The lowest BCUT2D eigenvalue weighted by molar-refractivity contribution is 0.0529. The first kappa shape index (κ1) is 13.3. The lowest BCUT2D eigenvalue weighted by Crippen LogP contribution is -2.13. The van der Waals surface area contributed by atoms with Gasteiger partial charge in [0.1, 0.15) is 10.6 Å². The maximum atomic E-state index is 11.7. The molecule has 0 aliphatic carbocycles. The van der Waals surface area contributed by atoms with Crippen LogP contribution in [0.25, 0.3) is 0 Å². The third-order valence-electron chi connectivity index (χ3n) is 2.38. The summed E-state index contributed by atoms with van der Waals surface area (Å²) in [4.78, 5) is 11.7. The molecular formula is C11H15N5O2S. The fraction of sp³-hybridized carbons (Fsp3) is 0.364. The van der Waals surface area contributed by atoms with Crippen molar-refractivity contribution in [3.8, 4) is 0 Å². The van der Waals surface area contributed by atoms with Gasteiger partial charge in [-0.1, -0.05) is 0 Å². The third kappa shape index (κ3) is 3.22. The SMILES string of the molecule is CCOC(=O)c1c(N)nsc1NCCn1cccn1. The van der Waals surface area contributed by atoms with Crippen molar-refractivity contribution in [3.63, 3.8) is 0 Å². The minimum absolute atomic E-state index is 0.199. The van der Waals surface area contributed by atoms with E-state index in [0.29, 0.717) is 30.3 Å². The van der Waals surface area contributed by atoms with Crippen molar-refractivity contribution in [2.24, 2.45) is 0 Å². The van der Waals surface area contributed by atoms with Crippen LogP contribution >= 0.6 is 11.5 Å². The van der Waals surface area contributed by atoms with Crippen molar-refractivity contribution >= 4 is 28.3 Å². The predicted molar refractivity (Wildman–Crippen MR) is 73.2 cm³/mol. The number of esters is 1. The Labute approximate surface area is 114 Å².